The van der Waals surface area contributed by atoms with Crippen LogP contribution in [0.5, 0.6) is 0 Å². The van der Waals surface area contributed by atoms with Gasteiger partial charge in [0.05, 0.1) is 6.61 Å². The highest BCUT2D eigenvalue weighted by molar-refractivity contribution is 5.02. The van der Waals surface area contributed by atoms with Gasteiger partial charge in [0.25, 0.3) is 0 Å². The van der Waals surface area contributed by atoms with E-state index in [1.165, 1.54) is 5.69 Å². The van der Waals surface area contributed by atoms with E-state index in [1.807, 2.05) is 24.0 Å². The average Bonchev–Trinajstić information content (AvgIpc) is 2.62. The molecule has 0 aliphatic carbocycles. The minimum absolute atomic E-state index is 0.123. The third-order valence-electron chi connectivity index (χ3n) is 3.15. The van der Waals surface area contributed by atoms with Gasteiger partial charge in [-0.05, 0) is 31.7 Å². The zero-order chi connectivity index (χ0) is 10.7. The van der Waals surface area contributed by atoms with Gasteiger partial charge in [-0.1, -0.05) is 0 Å². The van der Waals surface area contributed by atoms with Gasteiger partial charge in [-0.3, -0.25) is 4.68 Å². The average molecular weight is 209 g/mol. The van der Waals surface area contributed by atoms with Crippen LogP contribution in [0.15, 0.2) is 12.3 Å². The van der Waals surface area contributed by atoms with Crippen molar-refractivity contribution in [2.45, 2.75) is 31.2 Å². The first kappa shape index (κ1) is 10.6. The molecule has 1 fully saturated rings. The fraction of sp³-hybridized carbons (Fsp3) is 0.727. The first-order valence-electron chi connectivity index (χ1n) is 5.53. The van der Waals surface area contributed by atoms with Gasteiger partial charge in [0.1, 0.15) is 0 Å². The second-order valence-corrected chi connectivity index (χ2v) is 4.46. The predicted molar refractivity (Wildman–Crippen MR) is 58.5 cm³/mol. The zero-order valence-electron chi connectivity index (χ0n) is 9.28. The molecule has 1 unspecified atom stereocenters. The number of rotatable bonds is 3. The molecule has 0 saturated carbocycles. The standard InChI is InChI=1S/C11H19N3O/c1-14-10(4-7-13-14)3-6-11(12)5-2-8-15-9-11/h4,7H,2-3,5-6,8-9,12H2,1H3. The van der Waals surface area contributed by atoms with Crippen LogP contribution in [-0.4, -0.2) is 28.5 Å². The molecule has 1 saturated heterocycles. The second-order valence-electron chi connectivity index (χ2n) is 4.46. The molecule has 2 heterocycles. The summed E-state index contributed by atoms with van der Waals surface area (Å²) in [5, 5.41) is 4.15. The third kappa shape index (κ3) is 2.58. The number of ether oxygens (including phenoxy) is 1. The molecule has 1 atom stereocenters. The number of hydrogen-bond acceptors (Lipinski definition) is 3. The normalized spacial score (nSPS) is 26.8. The number of nitrogens with two attached hydrogens (primary N) is 1. The molecule has 0 aromatic carbocycles. The fourth-order valence-electron chi connectivity index (χ4n) is 2.09. The zero-order valence-corrected chi connectivity index (χ0v) is 9.28. The predicted octanol–water partition coefficient (Wildman–Crippen LogP) is 0.861. The lowest BCUT2D eigenvalue weighted by Gasteiger charge is -2.33. The molecule has 1 aromatic rings. The highest BCUT2D eigenvalue weighted by Crippen LogP contribution is 2.21. The Bertz CT molecular complexity index is 315. The summed E-state index contributed by atoms with van der Waals surface area (Å²) in [5.74, 6) is 0. The van der Waals surface area contributed by atoms with Crippen molar-refractivity contribution in [3.8, 4) is 0 Å². The van der Waals surface area contributed by atoms with Gasteiger partial charge in [0.15, 0.2) is 0 Å². The highest BCUT2D eigenvalue weighted by atomic mass is 16.5. The Morgan fingerprint density at radius 3 is 3.13 bits per heavy atom. The lowest BCUT2D eigenvalue weighted by Crippen LogP contribution is -2.47. The molecule has 2 N–H and O–H groups in total. The van der Waals surface area contributed by atoms with Crippen molar-refractivity contribution in [1.29, 1.82) is 0 Å². The molecular weight excluding hydrogens is 190 g/mol. The third-order valence-corrected chi connectivity index (χ3v) is 3.15. The van der Waals surface area contributed by atoms with Crippen LogP contribution < -0.4 is 5.73 Å². The molecule has 1 aliphatic rings. The number of aromatic nitrogens is 2. The number of hydrogen-bond donors (Lipinski definition) is 1. The maximum Gasteiger partial charge on any atom is 0.0646 e. The van der Waals surface area contributed by atoms with Crippen molar-refractivity contribution >= 4 is 0 Å². The fourth-order valence-corrected chi connectivity index (χ4v) is 2.09. The van der Waals surface area contributed by atoms with Crippen LogP contribution in [-0.2, 0) is 18.2 Å². The Labute approximate surface area is 90.4 Å². The smallest absolute Gasteiger partial charge is 0.0646 e. The molecule has 0 radical (unpaired) electrons. The van der Waals surface area contributed by atoms with Gasteiger partial charge in [0, 0.05) is 31.1 Å². The molecule has 15 heavy (non-hydrogen) atoms. The molecule has 1 aromatic heterocycles. The van der Waals surface area contributed by atoms with E-state index in [0.29, 0.717) is 6.61 Å². The van der Waals surface area contributed by atoms with Crippen molar-refractivity contribution in [3.05, 3.63) is 18.0 Å². The Morgan fingerprint density at radius 1 is 1.67 bits per heavy atom. The van der Waals surface area contributed by atoms with Crippen molar-refractivity contribution in [2.24, 2.45) is 12.8 Å². The summed E-state index contributed by atoms with van der Waals surface area (Å²) in [6.45, 7) is 1.56. The van der Waals surface area contributed by atoms with Gasteiger partial charge in [-0.2, -0.15) is 5.10 Å². The van der Waals surface area contributed by atoms with Crippen LogP contribution in [0, 0.1) is 0 Å². The van der Waals surface area contributed by atoms with Crippen LogP contribution >= 0.6 is 0 Å². The molecule has 0 amide bonds. The van der Waals surface area contributed by atoms with Crippen LogP contribution in [0.25, 0.3) is 0 Å². The van der Waals surface area contributed by atoms with Crippen molar-refractivity contribution in [3.63, 3.8) is 0 Å². The lowest BCUT2D eigenvalue weighted by molar-refractivity contribution is 0.0344. The summed E-state index contributed by atoms with van der Waals surface area (Å²) in [6.07, 6.45) is 5.95. The summed E-state index contributed by atoms with van der Waals surface area (Å²) < 4.78 is 7.35. The Kier molecular flexibility index (Phi) is 3.07. The van der Waals surface area contributed by atoms with E-state index in [9.17, 15) is 0 Å². The van der Waals surface area contributed by atoms with Crippen LogP contribution in [0.1, 0.15) is 25.0 Å². The van der Waals surface area contributed by atoms with Gasteiger partial charge >= 0.3 is 0 Å². The second kappa shape index (κ2) is 4.33. The van der Waals surface area contributed by atoms with Gasteiger partial charge < -0.3 is 10.5 Å². The largest absolute Gasteiger partial charge is 0.380 e. The molecule has 0 spiro atoms. The summed E-state index contributed by atoms with van der Waals surface area (Å²) in [4.78, 5) is 0. The molecular formula is C11H19N3O. The van der Waals surface area contributed by atoms with Crippen molar-refractivity contribution in [1.82, 2.24) is 9.78 Å². The van der Waals surface area contributed by atoms with Gasteiger partial charge in [0.2, 0.25) is 0 Å². The van der Waals surface area contributed by atoms with E-state index in [0.717, 1.165) is 32.3 Å². The summed E-state index contributed by atoms with van der Waals surface area (Å²) in [7, 11) is 1.97. The monoisotopic (exact) mass is 209 g/mol. The summed E-state index contributed by atoms with van der Waals surface area (Å²) in [6, 6.07) is 2.05. The minimum atomic E-state index is -0.123. The van der Waals surface area contributed by atoms with E-state index in [4.69, 9.17) is 10.5 Å². The number of aryl methyl sites for hydroxylation is 2. The summed E-state index contributed by atoms with van der Waals surface area (Å²) in [5.41, 5.74) is 7.39. The first-order chi connectivity index (χ1) is 7.20. The maximum atomic E-state index is 6.27. The minimum Gasteiger partial charge on any atom is -0.380 e. The Morgan fingerprint density at radius 2 is 2.53 bits per heavy atom. The van der Waals surface area contributed by atoms with Crippen LogP contribution in [0.4, 0.5) is 0 Å². The van der Waals surface area contributed by atoms with Gasteiger partial charge in [-0.15, -0.1) is 0 Å². The molecule has 2 rings (SSSR count). The Balaban J connectivity index is 1.89. The lowest BCUT2D eigenvalue weighted by atomic mass is 9.88. The maximum absolute atomic E-state index is 6.27. The van der Waals surface area contributed by atoms with E-state index in [2.05, 4.69) is 5.10 Å². The molecule has 4 heteroatoms. The van der Waals surface area contributed by atoms with E-state index in [1.54, 1.807) is 0 Å². The van der Waals surface area contributed by atoms with Crippen LogP contribution in [0.2, 0.25) is 0 Å². The Hall–Kier alpha value is -0.870. The number of nitrogens with zero attached hydrogens (tertiary/aromatic N) is 2. The van der Waals surface area contributed by atoms with E-state index in [-0.39, 0.29) is 5.54 Å². The SMILES string of the molecule is Cn1nccc1CCC1(N)CCCOC1. The molecule has 4 nitrogen and oxygen atoms in total. The molecule has 0 bridgehead atoms. The van der Waals surface area contributed by atoms with Crippen LogP contribution in [0.3, 0.4) is 0 Å². The van der Waals surface area contributed by atoms with E-state index >= 15 is 0 Å². The van der Waals surface area contributed by atoms with Crippen molar-refractivity contribution < 1.29 is 4.74 Å². The van der Waals surface area contributed by atoms with Gasteiger partial charge in [-0.25, -0.2) is 0 Å². The highest BCUT2D eigenvalue weighted by Gasteiger charge is 2.27. The first-order valence-corrected chi connectivity index (χ1v) is 5.53. The molecule has 1 aliphatic heterocycles. The van der Waals surface area contributed by atoms with Crippen molar-refractivity contribution in [2.75, 3.05) is 13.2 Å². The van der Waals surface area contributed by atoms with E-state index < -0.39 is 0 Å². The summed E-state index contributed by atoms with van der Waals surface area (Å²) >= 11 is 0. The quantitative estimate of drug-likeness (QED) is 0.803. The topological polar surface area (TPSA) is 53.1 Å². The molecule has 84 valence electrons.